The molecular weight excluding hydrogens is 340 g/mol. The van der Waals surface area contributed by atoms with Gasteiger partial charge in [-0.15, -0.1) is 12.4 Å². The summed E-state index contributed by atoms with van der Waals surface area (Å²) in [5.41, 5.74) is 1.45. The predicted molar refractivity (Wildman–Crippen MR) is 100 cm³/mol. The monoisotopic (exact) mass is 368 g/mol. The maximum absolute atomic E-state index is 12.2. The van der Waals surface area contributed by atoms with E-state index in [0.29, 0.717) is 25.2 Å². The Morgan fingerprint density at radius 1 is 1.28 bits per heavy atom. The van der Waals surface area contributed by atoms with Crippen LogP contribution < -0.4 is 15.4 Å². The second-order valence-corrected chi connectivity index (χ2v) is 6.91. The molecule has 1 saturated heterocycles. The smallest absolute Gasteiger partial charge is 0.223 e. The van der Waals surface area contributed by atoms with E-state index in [0.717, 1.165) is 50.1 Å². The summed E-state index contributed by atoms with van der Waals surface area (Å²) in [5.74, 6) is 1.35. The number of hydrogen-bond donors (Lipinski definition) is 2. The Kier molecular flexibility index (Phi) is 7.54. The van der Waals surface area contributed by atoms with Gasteiger partial charge in [0.2, 0.25) is 5.91 Å². The Morgan fingerprint density at radius 2 is 2.00 bits per heavy atom. The number of methoxy groups -OCH3 is 1. The highest BCUT2D eigenvalue weighted by Gasteiger charge is 2.57. The van der Waals surface area contributed by atoms with Crippen LogP contribution in [0.25, 0.3) is 0 Å². The van der Waals surface area contributed by atoms with E-state index < -0.39 is 0 Å². The van der Waals surface area contributed by atoms with E-state index in [2.05, 4.69) is 10.6 Å². The predicted octanol–water partition coefficient (Wildman–Crippen LogP) is 2.53. The van der Waals surface area contributed by atoms with E-state index in [1.54, 1.807) is 7.11 Å². The highest BCUT2D eigenvalue weighted by atomic mass is 35.5. The summed E-state index contributed by atoms with van der Waals surface area (Å²) in [6.45, 7) is 4.07. The number of hydrogen-bond acceptors (Lipinski definition) is 4. The maximum atomic E-state index is 12.2. The molecule has 6 heteroatoms. The largest absolute Gasteiger partial charge is 0.497 e. The fourth-order valence-corrected chi connectivity index (χ4v) is 3.62. The first kappa shape index (κ1) is 20.0. The molecule has 25 heavy (non-hydrogen) atoms. The lowest BCUT2D eigenvalue weighted by molar-refractivity contribution is -0.123. The van der Waals surface area contributed by atoms with Crippen LogP contribution in [0.3, 0.4) is 0 Å². The van der Waals surface area contributed by atoms with E-state index in [4.69, 9.17) is 9.47 Å². The molecule has 2 fully saturated rings. The van der Waals surface area contributed by atoms with E-state index in [1.165, 1.54) is 0 Å². The number of benzene rings is 1. The SMILES string of the molecule is COc1ccc(COCCCNC(=O)C2CC23CCNCC3)cc1.Cl. The molecule has 1 spiro atoms. The maximum Gasteiger partial charge on any atom is 0.223 e. The Balaban J connectivity index is 0.00000225. The Hall–Kier alpha value is -1.30. The number of ether oxygens (including phenoxy) is 2. The minimum atomic E-state index is 0. The number of carbonyl (C=O) groups is 1. The molecule has 1 aliphatic heterocycles. The molecule has 140 valence electrons. The van der Waals surface area contributed by atoms with Gasteiger partial charge >= 0.3 is 0 Å². The molecule has 0 radical (unpaired) electrons. The molecule has 1 heterocycles. The quantitative estimate of drug-likeness (QED) is 0.692. The van der Waals surface area contributed by atoms with Crippen LogP contribution in [-0.2, 0) is 16.1 Å². The molecule has 1 saturated carbocycles. The molecule has 1 unspecified atom stereocenters. The van der Waals surface area contributed by atoms with Gasteiger partial charge in [0.15, 0.2) is 0 Å². The zero-order valence-electron chi connectivity index (χ0n) is 14.9. The fourth-order valence-electron chi connectivity index (χ4n) is 3.62. The molecule has 1 aliphatic carbocycles. The lowest BCUT2D eigenvalue weighted by Crippen LogP contribution is -2.34. The molecule has 5 nitrogen and oxygen atoms in total. The van der Waals surface area contributed by atoms with Crippen molar-refractivity contribution in [2.75, 3.05) is 33.4 Å². The minimum Gasteiger partial charge on any atom is -0.497 e. The van der Waals surface area contributed by atoms with Gasteiger partial charge < -0.3 is 20.1 Å². The number of carbonyl (C=O) groups excluding carboxylic acids is 1. The van der Waals surface area contributed by atoms with Crippen molar-refractivity contribution in [1.29, 1.82) is 0 Å². The van der Waals surface area contributed by atoms with Crippen LogP contribution >= 0.6 is 12.4 Å². The minimum absolute atomic E-state index is 0. The summed E-state index contributed by atoms with van der Waals surface area (Å²) in [7, 11) is 1.66. The van der Waals surface area contributed by atoms with Gasteiger partial charge in [-0.25, -0.2) is 0 Å². The molecule has 3 rings (SSSR count). The average molecular weight is 369 g/mol. The Morgan fingerprint density at radius 3 is 2.68 bits per heavy atom. The van der Waals surface area contributed by atoms with Gasteiger partial charge in [0.25, 0.3) is 0 Å². The van der Waals surface area contributed by atoms with Crippen molar-refractivity contribution in [2.24, 2.45) is 11.3 Å². The molecule has 1 aromatic carbocycles. The molecule has 1 atom stereocenters. The second kappa shape index (κ2) is 9.41. The van der Waals surface area contributed by atoms with Crippen LogP contribution in [-0.4, -0.2) is 39.3 Å². The first-order valence-electron chi connectivity index (χ1n) is 8.93. The number of amides is 1. The van der Waals surface area contributed by atoms with Gasteiger partial charge in [0, 0.05) is 19.1 Å². The number of nitrogens with one attached hydrogen (secondary N) is 2. The Labute approximate surface area is 156 Å². The molecule has 1 amide bonds. The van der Waals surface area contributed by atoms with E-state index in [9.17, 15) is 4.79 Å². The van der Waals surface area contributed by atoms with Crippen LogP contribution in [0, 0.1) is 11.3 Å². The summed E-state index contributed by atoms with van der Waals surface area (Å²) in [4.78, 5) is 12.2. The first-order valence-corrected chi connectivity index (χ1v) is 8.93. The van der Waals surface area contributed by atoms with Gasteiger partial charge in [-0.3, -0.25) is 4.79 Å². The topological polar surface area (TPSA) is 59.6 Å². The van der Waals surface area contributed by atoms with Gasteiger partial charge in [-0.05, 0) is 61.9 Å². The third-order valence-electron chi connectivity index (χ3n) is 5.30. The van der Waals surface area contributed by atoms with E-state index in [-0.39, 0.29) is 24.2 Å². The van der Waals surface area contributed by atoms with Crippen LogP contribution in [0.15, 0.2) is 24.3 Å². The highest BCUT2D eigenvalue weighted by molar-refractivity contribution is 5.85. The van der Waals surface area contributed by atoms with Crippen molar-refractivity contribution in [1.82, 2.24) is 10.6 Å². The lowest BCUT2D eigenvalue weighted by Gasteiger charge is -2.23. The summed E-state index contributed by atoms with van der Waals surface area (Å²) >= 11 is 0. The highest BCUT2D eigenvalue weighted by Crippen LogP contribution is 2.58. The molecule has 2 N–H and O–H groups in total. The zero-order valence-corrected chi connectivity index (χ0v) is 15.7. The summed E-state index contributed by atoms with van der Waals surface area (Å²) in [6, 6.07) is 7.88. The van der Waals surface area contributed by atoms with Crippen LogP contribution in [0.1, 0.15) is 31.2 Å². The van der Waals surface area contributed by atoms with Crippen molar-refractivity contribution < 1.29 is 14.3 Å². The molecule has 1 aromatic rings. The van der Waals surface area contributed by atoms with Crippen molar-refractivity contribution in [2.45, 2.75) is 32.3 Å². The average Bonchev–Trinajstić information content (AvgIpc) is 3.32. The fraction of sp³-hybridized carbons (Fsp3) is 0.632. The van der Waals surface area contributed by atoms with Gasteiger partial charge in [-0.2, -0.15) is 0 Å². The molecule has 2 aliphatic rings. The first-order chi connectivity index (χ1) is 11.7. The third kappa shape index (κ3) is 5.33. The number of halogens is 1. The third-order valence-corrected chi connectivity index (χ3v) is 5.30. The van der Waals surface area contributed by atoms with Crippen molar-refractivity contribution >= 4 is 18.3 Å². The second-order valence-electron chi connectivity index (χ2n) is 6.91. The number of rotatable bonds is 8. The van der Waals surface area contributed by atoms with Gasteiger partial charge in [0.1, 0.15) is 5.75 Å². The van der Waals surface area contributed by atoms with E-state index >= 15 is 0 Å². The lowest BCUT2D eigenvalue weighted by atomic mass is 9.92. The van der Waals surface area contributed by atoms with Gasteiger partial charge in [0.05, 0.1) is 13.7 Å². The van der Waals surface area contributed by atoms with Crippen molar-refractivity contribution in [3.05, 3.63) is 29.8 Å². The summed E-state index contributed by atoms with van der Waals surface area (Å²) < 4.78 is 10.8. The Bertz CT molecular complexity index is 544. The van der Waals surface area contributed by atoms with E-state index in [1.807, 2.05) is 24.3 Å². The summed E-state index contributed by atoms with van der Waals surface area (Å²) in [5, 5.41) is 6.44. The number of piperidine rings is 1. The molecule has 0 aromatic heterocycles. The zero-order chi connectivity index (χ0) is 16.8. The summed E-state index contributed by atoms with van der Waals surface area (Å²) in [6.07, 6.45) is 4.23. The van der Waals surface area contributed by atoms with Crippen LogP contribution in [0.4, 0.5) is 0 Å². The normalized spacial score (nSPS) is 20.6. The van der Waals surface area contributed by atoms with Crippen molar-refractivity contribution in [3.63, 3.8) is 0 Å². The molecule has 0 bridgehead atoms. The van der Waals surface area contributed by atoms with Crippen LogP contribution in [0.5, 0.6) is 5.75 Å². The van der Waals surface area contributed by atoms with Crippen LogP contribution in [0.2, 0.25) is 0 Å². The van der Waals surface area contributed by atoms with Crippen molar-refractivity contribution in [3.8, 4) is 5.75 Å². The standard InChI is InChI=1S/C19H28N2O3.ClH/c1-23-16-5-3-15(4-6-16)14-24-12-2-9-21-18(22)17-13-19(17)7-10-20-11-8-19;/h3-6,17,20H,2,7-14H2,1H3,(H,21,22);1H. The molecular formula is C19H29ClN2O3. The van der Waals surface area contributed by atoms with Gasteiger partial charge in [-0.1, -0.05) is 12.1 Å².